The van der Waals surface area contributed by atoms with Crippen LogP contribution in [0.2, 0.25) is 0 Å². The number of nitrogens with two attached hydrogens (primary N) is 2. The van der Waals surface area contributed by atoms with Crippen LogP contribution in [0.1, 0.15) is 37.6 Å². The van der Waals surface area contributed by atoms with E-state index in [1.54, 1.807) is 17.8 Å². The van der Waals surface area contributed by atoms with Crippen molar-refractivity contribution in [3.05, 3.63) is 40.6 Å². The Morgan fingerprint density at radius 2 is 2.00 bits per heavy atom. The first-order valence-corrected chi connectivity index (χ1v) is 12.3. The maximum atomic E-state index is 5.92. The third kappa shape index (κ3) is 5.75. The Labute approximate surface area is 191 Å². The summed E-state index contributed by atoms with van der Waals surface area (Å²) in [6.45, 7) is 8.24. The maximum absolute atomic E-state index is 5.92. The summed E-state index contributed by atoms with van der Waals surface area (Å²) in [5.74, 6) is 1.44. The van der Waals surface area contributed by atoms with Gasteiger partial charge < -0.3 is 21.5 Å². The Balaban J connectivity index is 1.35. The minimum atomic E-state index is 0.119. The highest BCUT2D eigenvalue weighted by molar-refractivity contribution is 8.03. The number of rotatable bonds is 8. The van der Waals surface area contributed by atoms with Crippen molar-refractivity contribution in [3.63, 3.8) is 0 Å². The molecule has 1 saturated heterocycles. The van der Waals surface area contributed by atoms with Gasteiger partial charge in [-0.25, -0.2) is 15.0 Å². The highest BCUT2D eigenvalue weighted by Crippen LogP contribution is 2.43. The zero-order valence-corrected chi connectivity index (χ0v) is 19.5. The largest absolute Gasteiger partial charge is 0.476 e. The Morgan fingerprint density at radius 3 is 2.74 bits per heavy atom. The van der Waals surface area contributed by atoms with Crippen LogP contribution in [0.25, 0.3) is 0 Å². The maximum Gasteiger partial charge on any atom is 0.213 e. The number of nitrogen functional groups attached to an aromatic ring is 2. The van der Waals surface area contributed by atoms with Crippen LogP contribution in [0.5, 0.6) is 5.88 Å². The number of allylic oxidation sites excluding steroid dienone is 1. The van der Waals surface area contributed by atoms with Crippen molar-refractivity contribution in [1.29, 1.82) is 0 Å². The Hall–Kier alpha value is -2.17. The zero-order chi connectivity index (χ0) is 21.8. The van der Waals surface area contributed by atoms with Crippen LogP contribution in [-0.2, 0) is 0 Å². The Kier molecular flexibility index (Phi) is 7.09. The molecule has 2 aromatic heterocycles. The van der Waals surface area contributed by atoms with E-state index in [1.165, 1.54) is 42.6 Å². The van der Waals surface area contributed by atoms with Crippen LogP contribution in [-0.4, -0.2) is 51.3 Å². The number of nitrogens with zero attached hydrogens (tertiary/aromatic N) is 4. The molecule has 2 aliphatic rings. The fourth-order valence-electron chi connectivity index (χ4n) is 3.75. The minimum Gasteiger partial charge on any atom is -0.476 e. The third-order valence-electron chi connectivity index (χ3n) is 5.31. The summed E-state index contributed by atoms with van der Waals surface area (Å²) in [4.78, 5) is 16.6. The number of hydrogen-bond acceptors (Lipinski definition) is 10. The summed E-state index contributed by atoms with van der Waals surface area (Å²) in [6, 6.07) is 5.63. The molecule has 8 nitrogen and oxygen atoms in total. The standard InChI is InChI=1S/C21H29N7OS2/c1-13-19(14(2)31-21-25-16(22)12-17(23)26-21)27-20(30-13)15-5-6-24-18(11-15)29-10-9-28-7-3-4-8-28/h5-6,11-12,14,20,27H,3-4,7-10H2,1-2H3,(H4,22,23,25,26). The van der Waals surface area contributed by atoms with Gasteiger partial charge in [0, 0.05) is 35.5 Å². The number of aromatic nitrogens is 3. The number of anilines is 2. The van der Waals surface area contributed by atoms with Crippen LogP contribution < -0.4 is 21.5 Å². The van der Waals surface area contributed by atoms with E-state index in [9.17, 15) is 0 Å². The SMILES string of the molecule is CC1=C(C(C)Sc2nc(N)cc(N)n2)NC(c2ccnc(OCCN3CCCC3)c2)S1. The van der Waals surface area contributed by atoms with Crippen LogP contribution in [0.15, 0.2) is 40.2 Å². The smallest absolute Gasteiger partial charge is 0.213 e. The predicted octanol–water partition coefficient (Wildman–Crippen LogP) is 3.26. The number of thioether (sulfide) groups is 2. The summed E-state index contributed by atoms with van der Waals surface area (Å²) in [6.07, 6.45) is 4.40. The molecule has 10 heteroatoms. The molecule has 0 aromatic carbocycles. The van der Waals surface area contributed by atoms with Gasteiger partial charge in [0.15, 0.2) is 5.16 Å². The highest BCUT2D eigenvalue weighted by Gasteiger charge is 2.27. The van der Waals surface area contributed by atoms with Gasteiger partial charge in [-0.15, -0.1) is 0 Å². The van der Waals surface area contributed by atoms with E-state index in [-0.39, 0.29) is 10.6 Å². The van der Waals surface area contributed by atoms with Crippen molar-refractivity contribution in [1.82, 2.24) is 25.2 Å². The van der Waals surface area contributed by atoms with Crippen LogP contribution in [0, 0.1) is 0 Å². The molecule has 0 bridgehead atoms. The summed E-state index contributed by atoms with van der Waals surface area (Å²) in [7, 11) is 0. The van der Waals surface area contributed by atoms with E-state index in [0.29, 0.717) is 29.3 Å². The molecular formula is C21H29N7OS2. The molecule has 2 atom stereocenters. The molecule has 0 spiro atoms. The van der Waals surface area contributed by atoms with Gasteiger partial charge in [0.2, 0.25) is 5.88 Å². The number of hydrogen-bond donors (Lipinski definition) is 3. The third-order valence-corrected chi connectivity index (χ3v) is 7.49. The lowest BCUT2D eigenvalue weighted by Gasteiger charge is -2.18. The van der Waals surface area contributed by atoms with Gasteiger partial charge in [-0.05, 0) is 51.4 Å². The molecule has 2 unspecified atom stereocenters. The molecule has 4 rings (SSSR count). The number of likely N-dealkylation sites (tertiary alicyclic amines) is 1. The second-order valence-corrected chi connectivity index (χ2v) is 10.3. The van der Waals surface area contributed by atoms with Crippen molar-refractivity contribution < 1.29 is 4.74 Å². The first-order chi connectivity index (χ1) is 15.0. The Bertz CT molecular complexity index is 929. The average molecular weight is 460 g/mol. The minimum absolute atomic E-state index is 0.119. The number of nitrogens with one attached hydrogen (secondary N) is 1. The monoisotopic (exact) mass is 459 g/mol. The molecular weight excluding hydrogens is 430 g/mol. The van der Waals surface area contributed by atoms with Crippen molar-refractivity contribution >= 4 is 35.2 Å². The molecule has 0 radical (unpaired) electrons. The van der Waals surface area contributed by atoms with Gasteiger partial charge in [-0.3, -0.25) is 4.90 Å². The lowest BCUT2D eigenvalue weighted by molar-refractivity contribution is 0.232. The van der Waals surface area contributed by atoms with Gasteiger partial charge in [0.25, 0.3) is 0 Å². The van der Waals surface area contributed by atoms with Gasteiger partial charge >= 0.3 is 0 Å². The lowest BCUT2D eigenvalue weighted by Crippen LogP contribution is -2.25. The summed E-state index contributed by atoms with van der Waals surface area (Å²) in [5, 5.41) is 4.48. The molecule has 5 N–H and O–H groups in total. The lowest BCUT2D eigenvalue weighted by atomic mass is 10.2. The van der Waals surface area contributed by atoms with E-state index >= 15 is 0 Å². The van der Waals surface area contributed by atoms with Crippen LogP contribution >= 0.6 is 23.5 Å². The molecule has 0 aliphatic carbocycles. The summed E-state index contributed by atoms with van der Waals surface area (Å²) < 4.78 is 5.92. The second kappa shape index (κ2) is 9.97. The number of pyridine rings is 1. The first kappa shape index (κ1) is 22.0. The molecule has 0 saturated carbocycles. The summed E-state index contributed by atoms with van der Waals surface area (Å²) in [5.41, 5.74) is 13.9. The quantitative estimate of drug-likeness (QED) is 0.401. The number of ether oxygens (including phenoxy) is 1. The van der Waals surface area contributed by atoms with E-state index in [0.717, 1.165) is 17.8 Å². The average Bonchev–Trinajstić information content (AvgIpc) is 3.37. The van der Waals surface area contributed by atoms with Gasteiger partial charge in [0.05, 0.1) is 5.25 Å². The molecule has 1 fully saturated rings. The van der Waals surface area contributed by atoms with Crippen LogP contribution in [0.3, 0.4) is 0 Å². The molecule has 4 heterocycles. The first-order valence-electron chi connectivity index (χ1n) is 10.5. The molecule has 0 amide bonds. The van der Waals surface area contributed by atoms with Crippen molar-refractivity contribution in [3.8, 4) is 5.88 Å². The van der Waals surface area contributed by atoms with E-state index < -0.39 is 0 Å². The van der Waals surface area contributed by atoms with Gasteiger partial charge in [-0.2, -0.15) is 0 Å². The Morgan fingerprint density at radius 1 is 1.26 bits per heavy atom. The van der Waals surface area contributed by atoms with E-state index in [2.05, 4.69) is 39.0 Å². The highest BCUT2D eigenvalue weighted by atomic mass is 32.2. The van der Waals surface area contributed by atoms with Crippen molar-refractivity contribution in [2.24, 2.45) is 0 Å². The van der Waals surface area contributed by atoms with Crippen LogP contribution in [0.4, 0.5) is 11.6 Å². The van der Waals surface area contributed by atoms with E-state index in [1.807, 2.05) is 18.3 Å². The summed E-state index contributed by atoms with van der Waals surface area (Å²) >= 11 is 3.34. The van der Waals surface area contributed by atoms with E-state index in [4.69, 9.17) is 16.2 Å². The predicted molar refractivity (Wildman–Crippen MR) is 128 cm³/mol. The van der Waals surface area contributed by atoms with Gasteiger partial charge in [0.1, 0.15) is 23.6 Å². The normalized spacial score (nSPS) is 20.1. The topological polar surface area (TPSA) is 115 Å². The fraction of sp³-hybridized carbons (Fsp3) is 0.476. The molecule has 2 aliphatic heterocycles. The van der Waals surface area contributed by atoms with Gasteiger partial charge in [-0.1, -0.05) is 23.5 Å². The molecule has 31 heavy (non-hydrogen) atoms. The molecule has 166 valence electrons. The zero-order valence-electron chi connectivity index (χ0n) is 17.9. The second-order valence-electron chi connectivity index (χ2n) is 7.70. The van der Waals surface area contributed by atoms with Crippen molar-refractivity contribution in [2.45, 2.75) is 42.5 Å². The molecule has 2 aromatic rings. The van der Waals surface area contributed by atoms with Crippen molar-refractivity contribution in [2.75, 3.05) is 37.7 Å². The fourth-order valence-corrected chi connectivity index (χ4v) is 6.01.